The van der Waals surface area contributed by atoms with Gasteiger partial charge in [-0.2, -0.15) is 4.98 Å². The number of nitrogens with two attached hydrogens (primary N) is 1. The second kappa shape index (κ2) is 9.03. The lowest BCUT2D eigenvalue weighted by atomic mass is 9.99. The van der Waals surface area contributed by atoms with Crippen molar-refractivity contribution in [3.8, 4) is 0 Å². The maximum Gasteiger partial charge on any atom is 0.244 e. The molecule has 5 heteroatoms. The van der Waals surface area contributed by atoms with Crippen molar-refractivity contribution >= 4 is 5.95 Å². The molecule has 2 heterocycles. The predicted octanol–water partition coefficient (Wildman–Crippen LogP) is 2.88. The van der Waals surface area contributed by atoms with Gasteiger partial charge in [-0.3, -0.25) is 5.10 Å². The summed E-state index contributed by atoms with van der Waals surface area (Å²) in [5.41, 5.74) is 5.79. The molecule has 0 saturated carbocycles. The molecule has 0 bridgehead atoms. The molecule has 5 nitrogen and oxygen atoms in total. The largest absolute Gasteiger partial charge is 0.339 e. The molecule has 1 saturated heterocycles. The highest BCUT2D eigenvalue weighted by atomic mass is 15.4. The van der Waals surface area contributed by atoms with Gasteiger partial charge in [-0.05, 0) is 31.7 Å². The summed E-state index contributed by atoms with van der Waals surface area (Å²) in [6.07, 6.45) is 11.4. The first kappa shape index (κ1) is 16.3. The smallest absolute Gasteiger partial charge is 0.244 e. The number of nitrogens with one attached hydrogen (secondary N) is 1. The molecule has 120 valence electrons. The molecule has 1 unspecified atom stereocenters. The average molecular weight is 293 g/mol. The Balaban J connectivity index is 1.71. The molecule has 1 aliphatic rings. The van der Waals surface area contributed by atoms with Crippen LogP contribution in [0.4, 0.5) is 5.95 Å². The highest BCUT2D eigenvalue weighted by Crippen LogP contribution is 2.19. The Kier molecular flexibility index (Phi) is 7.00. The summed E-state index contributed by atoms with van der Waals surface area (Å²) >= 11 is 0. The molecule has 0 amide bonds. The number of aromatic amines is 1. The van der Waals surface area contributed by atoms with Gasteiger partial charge in [0.25, 0.3) is 0 Å². The van der Waals surface area contributed by atoms with Crippen LogP contribution in [0.1, 0.15) is 64.1 Å². The highest BCUT2D eigenvalue weighted by molar-refractivity contribution is 5.29. The summed E-state index contributed by atoms with van der Waals surface area (Å²) in [6, 6.07) is 0. The van der Waals surface area contributed by atoms with Crippen molar-refractivity contribution in [1.29, 1.82) is 0 Å². The molecule has 0 aromatic carbocycles. The Hall–Kier alpha value is -1.10. The third-order valence-electron chi connectivity index (χ3n) is 4.42. The molecule has 1 aromatic rings. The molecular formula is C16H31N5. The van der Waals surface area contributed by atoms with Crippen molar-refractivity contribution in [1.82, 2.24) is 15.2 Å². The third-order valence-corrected chi connectivity index (χ3v) is 4.42. The summed E-state index contributed by atoms with van der Waals surface area (Å²) in [5, 5.41) is 7.49. The second-order valence-corrected chi connectivity index (χ2v) is 6.29. The van der Waals surface area contributed by atoms with Crippen molar-refractivity contribution in [2.75, 3.05) is 24.5 Å². The van der Waals surface area contributed by atoms with Crippen molar-refractivity contribution < 1.29 is 0 Å². The van der Waals surface area contributed by atoms with E-state index in [0.717, 1.165) is 37.8 Å². The van der Waals surface area contributed by atoms with Crippen molar-refractivity contribution in [2.45, 2.75) is 64.7 Å². The van der Waals surface area contributed by atoms with E-state index in [-0.39, 0.29) is 0 Å². The lowest BCUT2D eigenvalue weighted by Gasteiger charge is -2.31. The Labute approximate surface area is 128 Å². The van der Waals surface area contributed by atoms with Crippen LogP contribution in [0.3, 0.4) is 0 Å². The standard InChI is InChI=1S/C16H31N5/c1-2-3-4-5-6-7-10-15-18-16(20-19-15)21-11-8-9-14(12-17)13-21/h14H,2-13,17H2,1H3,(H,18,19,20). The van der Waals surface area contributed by atoms with Gasteiger partial charge in [0.15, 0.2) is 0 Å². The number of rotatable bonds is 9. The van der Waals surface area contributed by atoms with Crippen LogP contribution in [-0.2, 0) is 6.42 Å². The summed E-state index contributed by atoms with van der Waals surface area (Å²) in [5.74, 6) is 2.50. The summed E-state index contributed by atoms with van der Waals surface area (Å²) < 4.78 is 0. The van der Waals surface area contributed by atoms with Crippen LogP contribution >= 0.6 is 0 Å². The molecule has 21 heavy (non-hydrogen) atoms. The molecule has 0 spiro atoms. The fourth-order valence-electron chi connectivity index (χ4n) is 3.05. The maximum atomic E-state index is 5.79. The number of aryl methyl sites for hydroxylation is 1. The maximum absolute atomic E-state index is 5.79. The second-order valence-electron chi connectivity index (χ2n) is 6.29. The van der Waals surface area contributed by atoms with Crippen LogP contribution in [0.15, 0.2) is 0 Å². The van der Waals surface area contributed by atoms with E-state index in [0.29, 0.717) is 5.92 Å². The van der Waals surface area contributed by atoms with E-state index >= 15 is 0 Å². The van der Waals surface area contributed by atoms with Gasteiger partial charge in [-0.1, -0.05) is 39.0 Å². The molecular weight excluding hydrogens is 262 g/mol. The van der Waals surface area contributed by atoms with Crippen LogP contribution < -0.4 is 10.6 Å². The zero-order valence-electron chi connectivity index (χ0n) is 13.5. The Morgan fingerprint density at radius 1 is 1.24 bits per heavy atom. The number of anilines is 1. The minimum absolute atomic E-state index is 0.597. The normalized spacial score (nSPS) is 19.1. The van der Waals surface area contributed by atoms with E-state index < -0.39 is 0 Å². The molecule has 1 fully saturated rings. The van der Waals surface area contributed by atoms with Gasteiger partial charge in [-0.25, -0.2) is 0 Å². The van der Waals surface area contributed by atoms with E-state index in [1.165, 1.54) is 51.4 Å². The lowest BCUT2D eigenvalue weighted by Crippen LogP contribution is -2.39. The van der Waals surface area contributed by atoms with Crippen LogP contribution in [0, 0.1) is 5.92 Å². The molecule has 1 atom stereocenters. The monoisotopic (exact) mass is 293 g/mol. The van der Waals surface area contributed by atoms with Gasteiger partial charge >= 0.3 is 0 Å². The number of H-pyrrole nitrogens is 1. The van der Waals surface area contributed by atoms with Crippen molar-refractivity contribution in [2.24, 2.45) is 11.7 Å². The lowest BCUT2D eigenvalue weighted by molar-refractivity contribution is 0.419. The van der Waals surface area contributed by atoms with Gasteiger partial charge < -0.3 is 10.6 Å². The van der Waals surface area contributed by atoms with E-state index in [9.17, 15) is 0 Å². The predicted molar refractivity (Wildman–Crippen MR) is 87.5 cm³/mol. The molecule has 3 N–H and O–H groups in total. The zero-order chi connectivity index (χ0) is 14.9. The quantitative estimate of drug-likeness (QED) is 0.687. The van der Waals surface area contributed by atoms with Gasteiger partial charge in [0.1, 0.15) is 5.82 Å². The number of hydrogen-bond acceptors (Lipinski definition) is 4. The fourth-order valence-corrected chi connectivity index (χ4v) is 3.05. The minimum atomic E-state index is 0.597. The third kappa shape index (κ3) is 5.30. The highest BCUT2D eigenvalue weighted by Gasteiger charge is 2.21. The zero-order valence-corrected chi connectivity index (χ0v) is 13.5. The number of unbranched alkanes of at least 4 members (excludes halogenated alkanes) is 5. The van der Waals surface area contributed by atoms with Gasteiger partial charge in [0.2, 0.25) is 5.95 Å². The average Bonchev–Trinajstić information content (AvgIpc) is 3.00. The molecule has 0 radical (unpaired) electrons. The van der Waals surface area contributed by atoms with Gasteiger partial charge in [0.05, 0.1) is 0 Å². The summed E-state index contributed by atoms with van der Waals surface area (Å²) in [7, 11) is 0. The number of hydrogen-bond donors (Lipinski definition) is 2. The van der Waals surface area contributed by atoms with E-state index in [1.54, 1.807) is 0 Å². The first-order chi connectivity index (χ1) is 10.3. The SMILES string of the molecule is CCCCCCCCc1nc(N2CCCC(CN)C2)n[nH]1. The Morgan fingerprint density at radius 2 is 2.05 bits per heavy atom. The van der Waals surface area contributed by atoms with E-state index in [4.69, 9.17) is 5.73 Å². The van der Waals surface area contributed by atoms with E-state index in [1.807, 2.05) is 0 Å². The Bertz CT molecular complexity index is 390. The fraction of sp³-hybridized carbons (Fsp3) is 0.875. The summed E-state index contributed by atoms with van der Waals surface area (Å²) in [4.78, 5) is 6.94. The molecule has 1 aromatic heterocycles. The minimum Gasteiger partial charge on any atom is -0.339 e. The van der Waals surface area contributed by atoms with Gasteiger partial charge in [0, 0.05) is 19.5 Å². The first-order valence-corrected chi connectivity index (χ1v) is 8.69. The van der Waals surface area contributed by atoms with Crippen LogP contribution in [0.25, 0.3) is 0 Å². The summed E-state index contributed by atoms with van der Waals surface area (Å²) in [6.45, 7) is 5.09. The number of piperidine rings is 1. The van der Waals surface area contributed by atoms with E-state index in [2.05, 4.69) is 27.0 Å². The Morgan fingerprint density at radius 3 is 2.86 bits per heavy atom. The molecule has 0 aliphatic carbocycles. The van der Waals surface area contributed by atoms with Crippen LogP contribution in [0.2, 0.25) is 0 Å². The van der Waals surface area contributed by atoms with Crippen LogP contribution in [-0.4, -0.2) is 34.8 Å². The number of aromatic nitrogens is 3. The topological polar surface area (TPSA) is 70.8 Å². The number of nitrogens with zero attached hydrogens (tertiary/aromatic N) is 3. The molecule has 2 rings (SSSR count). The molecule has 1 aliphatic heterocycles. The van der Waals surface area contributed by atoms with Gasteiger partial charge in [-0.15, -0.1) is 5.10 Å². The van der Waals surface area contributed by atoms with Crippen LogP contribution in [0.5, 0.6) is 0 Å². The first-order valence-electron chi connectivity index (χ1n) is 8.69. The van der Waals surface area contributed by atoms with Crippen molar-refractivity contribution in [3.05, 3.63) is 5.82 Å². The van der Waals surface area contributed by atoms with Crippen molar-refractivity contribution in [3.63, 3.8) is 0 Å².